The molecule has 2 heterocycles. The summed E-state index contributed by atoms with van der Waals surface area (Å²) in [5, 5.41) is 0. The lowest BCUT2D eigenvalue weighted by Gasteiger charge is -2.22. The number of aromatic nitrogens is 1. The molecule has 1 aromatic heterocycles. The van der Waals surface area contributed by atoms with Crippen molar-refractivity contribution in [2.24, 2.45) is 0 Å². The van der Waals surface area contributed by atoms with Crippen molar-refractivity contribution >= 4 is 21.8 Å². The summed E-state index contributed by atoms with van der Waals surface area (Å²) < 4.78 is 37.9. The van der Waals surface area contributed by atoms with Crippen LogP contribution in [0.2, 0.25) is 0 Å². The molecule has 0 saturated carbocycles. The zero-order valence-corrected chi connectivity index (χ0v) is 12.3. The van der Waals surface area contributed by atoms with Crippen LogP contribution in [0, 0.1) is 0 Å². The minimum absolute atomic E-state index is 0.176. The Bertz CT molecular complexity index is 475. The maximum atomic E-state index is 12.4. The van der Waals surface area contributed by atoms with Gasteiger partial charge in [-0.2, -0.15) is 13.2 Å². The third-order valence-corrected chi connectivity index (χ3v) is 3.61. The van der Waals surface area contributed by atoms with E-state index in [2.05, 4.69) is 20.9 Å². The summed E-state index contributed by atoms with van der Waals surface area (Å²) in [7, 11) is 0. The average Bonchev–Trinajstić information content (AvgIpc) is 2.64. The molecule has 1 aromatic rings. The first-order valence-corrected chi connectivity index (χ1v) is 7.07. The first kappa shape index (κ1) is 15.4. The molecule has 8 heteroatoms. The van der Waals surface area contributed by atoms with Crippen LogP contribution in [-0.4, -0.2) is 59.6 Å². The van der Waals surface area contributed by atoms with Gasteiger partial charge in [0, 0.05) is 36.8 Å². The van der Waals surface area contributed by atoms with E-state index >= 15 is 0 Å². The first-order chi connectivity index (χ1) is 9.35. The van der Waals surface area contributed by atoms with Gasteiger partial charge in [-0.25, -0.2) is 0 Å². The second-order valence-electron chi connectivity index (χ2n) is 4.77. The SMILES string of the molecule is O=C(c1cc(Br)c[nH]1)N1CCCN(CC(F)(F)F)CC1. The summed E-state index contributed by atoms with van der Waals surface area (Å²) in [6.45, 7) is 0.475. The van der Waals surface area contributed by atoms with Crippen molar-refractivity contribution in [2.45, 2.75) is 12.6 Å². The Kier molecular flexibility index (Phi) is 4.74. The molecule has 1 saturated heterocycles. The number of nitrogens with one attached hydrogen (secondary N) is 1. The Morgan fingerprint density at radius 2 is 2.05 bits per heavy atom. The fourth-order valence-corrected chi connectivity index (χ4v) is 2.59. The molecule has 4 nitrogen and oxygen atoms in total. The molecule has 1 aliphatic heterocycles. The van der Waals surface area contributed by atoms with Gasteiger partial charge in [-0.05, 0) is 28.4 Å². The van der Waals surface area contributed by atoms with Gasteiger partial charge in [0.1, 0.15) is 5.69 Å². The molecule has 0 spiro atoms. The van der Waals surface area contributed by atoms with E-state index in [-0.39, 0.29) is 12.5 Å². The van der Waals surface area contributed by atoms with Crippen molar-refractivity contribution in [2.75, 3.05) is 32.7 Å². The van der Waals surface area contributed by atoms with E-state index in [1.54, 1.807) is 17.2 Å². The fraction of sp³-hybridized carbons (Fsp3) is 0.583. The number of nitrogens with zero attached hydrogens (tertiary/aromatic N) is 2. The second kappa shape index (κ2) is 6.17. The van der Waals surface area contributed by atoms with Gasteiger partial charge in [-0.1, -0.05) is 0 Å². The van der Waals surface area contributed by atoms with Crippen LogP contribution in [-0.2, 0) is 0 Å². The molecule has 0 aromatic carbocycles. The summed E-state index contributed by atoms with van der Waals surface area (Å²) in [6, 6.07) is 1.67. The lowest BCUT2D eigenvalue weighted by atomic mass is 10.3. The standard InChI is InChI=1S/C12H15BrF3N3O/c13-9-6-10(17-7-9)11(20)19-3-1-2-18(4-5-19)8-12(14,15)16/h6-7,17H,1-5,8H2. The molecule has 2 rings (SSSR count). The third kappa shape index (κ3) is 4.24. The van der Waals surface area contributed by atoms with Gasteiger partial charge in [0.2, 0.25) is 0 Å². The Morgan fingerprint density at radius 3 is 2.65 bits per heavy atom. The van der Waals surface area contributed by atoms with E-state index < -0.39 is 12.7 Å². The van der Waals surface area contributed by atoms with E-state index in [4.69, 9.17) is 0 Å². The summed E-state index contributed by atoms with van der Waals surface area (Å²) >= 11 is 3.25. The van der Waals surface area contributed by atoms with Gasteiger partial charge in [-0.15, -0.1) is 0 Å². The molecule has 1 aliphatic rings. The van der Waals surface area contributed by atoms with Crippen molar-refractivity contribution in [3.8, 4) is 0 Å². The highest BCUT2D eigenvalue weighted by Crippen LogP contribution is 2.18. The maximum Gasteiger partial charge on any atom is 0.401 e. The van der Waals surface area contributed by atoms with E-state index in [1.165, 1.54) is 4.90 Å². The van der Waals surface area contributed by atoms with Crippen LogP contribution < -0.4 is 0 Å². The van der Waals surface area contributed by atoms with Gasteiger partial charge >= 0.3 is 6.18 Å². The zero-order valence-electron chi connectivity index (χ0n) is 10.7. The molecule has 1 amide bonds. The highest BCUT2D eigenvalue weighted by molar-refractivity contribution is 9.10. The Labute approximate surface area is 123 Å². The maximum absolute atomic E-state index is 12.4. The topological polar surface area (TPSA) is 39.3 Å². The molecule has 20 heavy (non-hydrogen) atoms. The van der Waals surface area contributed by atoms with Crippen LogP contribution in [0.25, 0.3) is 0 Å². The van der Waals surface area contributed by atoms with Gasteiger partial charge in [-0.3, -0.25) is 9.69 Å². The molecule has 0 radical (unpaired) electrons. The molecule has 0 aliphatic carbocycles. The van der Waals surface area contributed by atoms with Gasteiger partial charge in [0.15, 0.2) is 0 Å². The molecule has 1 fully saturated rings. The number of carbonyl (C=O) groups excluding carboxylic acids is 1. The lowest BCUT2D eigenvalue weighted by Crippen LogP contribution is -2.38. The first-order valence-electron chi connectivity index (χ1n) is 6.27. The predicted octanol–water partition coefficient (Wildman–Crippen LogP) is 2.49. The second-order valence-corrected chi connectivity index (χ2v) is 5.68. The smallest absolute Gasteiger partial charge is 0.356 e. The monoisotopic (exact) mass is 353 g/mol. The summed E-state index contributed by atoms with van der Waals surface area (Å²) in [6.07, 6.45) is -1.99. The molecule has 0 unspecified atom stereocenters. The van der Waals surface area contributed by atoms with E-state index in [1.807, 2.05) is 0 Å². The quantitative estimate of drug-likeness (QED) is 0.887. The van der Waals surface area contributed by atoms with Crippen molar-refractivity contribution in [3.05, 3.63) is 22.4 Å². The number of amides is 1. The molecular formula is C12H15BrF3N3O. The van der Waals surface area contributed by atoms with Crippen molar-refractivity contribution in [3.63, 3.8) is 0 Å². The highest BCUT2D eigenvalue weighted by Gasteiger charge is 2.32. The predicted molar refractivity (Wildman–Crippen MR) is 71.5 cm³/mol. The number of H-pyrrole nitrogens is 1. The minimum atomic E-state index is -4.19. The van der Waals surface area contributed by atoms with Gasteiger partial charge in [0.05, 0.1) is 6.54 Å². The zero-order chi connectivity index (χ0) is 14.8. The lowest BCUT2D eigenvalue weighted by molar-refractivity contribution is -0.145. The number of alkyl halides is 3. The summed E-state index contributed by atoms with van der Waals surface area (Å²) in [5.41, 5.74) is 0.446. The molecule has 0 atom stereocenters. The Hall–Kier alpha value is -1.02. The number of halogens is 4. The van der Waals surface area contributed by atoms with Gasteiger partial charge in [0.25, 0.3) is 5.91 Å². The van der Waals surface area contributed by atoms with E-state index in [0.717, 1.165) is 4.47 Å². The highest BCUT2D eigenvalue weighted by atomic mass is 79.9. The normalized spacial score (nSPS) is 18.1. The minimum Gasteiger partial charge on any atom is -0.356 e. The summed E-state index contributed by atoms with van der Waals surface area (Å²) in [4.78, 5) is 18.0. The average molecular weight is 354 g/mol. The number of hydrogen-bond acceptors (Lipinski definition) is 2. The van der Waals surface area contributed by atoms with Crippen LogP contribution in [0.3, 0.4) is 0 Å². The number of hydrogen-bond donors (Lipinski definition) is 1. The van der Waals surface area contributed by atoms with Crippen LogP contribution >= 0.6 is 15.9 Å². The largest absolute Gasteiger partial charge is 0.401 e. The van der Waals surface area contributed by atoms with Crippen LogP contribution in [0.5, 0.6) is 0 Å². The fourth-order valence-electron chi connectivity index (χ4n) is 2.25. The van der Waals surface area contributed by atoms with Crippen molar-refractivity contribution < 1.29 is 18.0 Å². The van der Waals surface area contributed by atoms with Crippen LogP contribution in [0.1, 0.15) is 16.9 Å². The Balaban J connectivity index is 1.94. The van der Waals surface area contributed by atoms with Crippen LogP contribution in [0.4, 0.5) is 13.2 Å². The molecule has 112 valence electrons. The summed E-state index contributed by atoms with van der Waals surface area (Å²) in [5.74, 6) is -0.176. The Morgan fingerprint density at radius 1 is 1.30 bits per heavy atom. The molecule has 1 N–H and O–H groups in total. The van der Waals surface area contributed by atoms with E-state index in [9.17, 15) is 18.0 Å². The van der Waals surface area contributed by atoms with Crippen molar-refractivity contribution in [1.82, 2.24) is 14.8 Å². The molecule has 0 bridgehead atoms. The number of rotatable bonds is 2. The van der Waals surface area contributed by atoms with E-state index in [0.29, 0.717) is 31.7 Å². The van der Waals surface area contributed by atoms with Gasteiger partial charge < -0.3 is 9.88 Å². The number of carbonyl (C=O) groups is 1. The third-order valence-electron chi connectivity index (χ3n) is 3.16. The van der Waals surface area contributed by atoms with Crippen molar-refractivity contribution in [1.29, 1.82) is 0 Å². The molecular weight excluding hydrogens is 339 g/mol. The van der Waals surface area contributed by atoms with Crippen LogP contribution in [0.15, 0.2) is 16.7 Å². The number of aromatic amines is 1.